The van der Waals surface area contributed by atoms with E-state index in [2.05, 4.69) is 20.8 Å². The van der Waals surface area contributed by atoms with Gasteiger partial charge >= 0.3 is 0 Å². The minimum Gasteiger partial charge on any atom is -0.485 e. The Morgan fingerprint density at radius 3 is 2.84 bits per heavy atom. The average Bonchev–Trinajstić information content (AvgIpc) is 3.27. The molecule has 0 spiro atoms. The molecule has 2 aromatic rings. The van der Waals surface area contributed by atoms with Crippen LogP contribution in [-0.4, -0.2) is 46.9 Å². The van der Waals surface area contributed by atoms with Gasteiger partial charge in [0, 0.05) is 37.5 Å². The van der Waals surface area contributed by atoms with E-state index in [4.69, 9.17) is 9.26 Å². The lowest BCUT2D eigenvalue weighted by Gasteiger charge is -2.14. The Hall–Kier alpha value is -2.45. The summed E-state index contributed by atoms with van der Waals surface area (Å²) in [6, 6.07) is 6.84. The number of carbonyl (C=O) groups is 1. The fourth-order valence-corrected chi connectivity index (χ4v) is 2.60. The zero-order valence-electron chi connectivity index (χ0n) is 14.1. The molecule has 1 aromatic heterocycles. The SMILES string of the molecule is CCc1nc(COc2ccc(C(=O)NCC3CNCC3O)cc2)no1. The number of hydrogen-bond acceptors (Lipinski definition) is 7. The zero-order valence-corrected chi connectivity index (χ0v) is 14.1. The number of nitrogens with one attached hydrogen (secondary N) is 2. The second kappa shape index (κ2) is 8.09. The molecule has 1 fully saturated rings. The van der Waals surface area contributed by atoms with E-state index in [0.717, 1.165) is 0 Å². The van der Waals surface area contributed by atoms with Crippen molar-refractivity contribution in [3.8, 4) is 5.75 Å². The fraction of sp³-hybridized carbons (Fsp3) is 0.471. The van der Waals surface area contributed by atoms with E-state index < -0.39 is 6.10 Å². The first kappa shape index (κ1) is 17.4. The Balaban J connectivity index is 1.48. The van der Waals surface area contributed by atoms with Crippen molar-refractivity contribution in [1.82, 2.24) is 20.8 Å². The van der Waals surface area contributed by atoms with Crippen LogP contribution in [0.5, 0.6) is 5.75 Å². The Kier molecular flexibility index (Phi) is 5.62. The Labute approximate surface area is 145 Å². The number of amides is 1. The van der Waals surface area contributed by atoms with Crippen molar-refractivity contribution in [3.63, 3.8) is 0 Å². The third-order valence-corrected chi connectivity index (χ3v) is 4.13. The second-order valence-electron chi connectivity index (χ2n) is 5.97. The third kappa shape index (κ3) is 4.55. The number of aliphatic hydroxyl groups excluding tert-OH is 1. The molecular weight excluding hydrogens is 324 g/mol. The Morgan fingerprint density at radius 2 is 2.20 bits per heavy atom. The minimum absolute atomic E-state index is 0.0505. The molecule has 3 N–H and O–H groups in total. The summed E-state index contributed by atoms with van der Waals surface area (Å²) in [5, 5.41) is 19.5. The van der Waals surface area contributed by atoms with Crippen LogP contribution in [0.15, 0.2) is 28.8 Å². The molecule has 1 aliphatic rings. The van der Waals surface area contributed by atoms with Gasteiger partial charge in [0.2, 0.25) is 11.7 Å². The van der Waals surface area contributed by atoms with Gasteiger partial charge in [0.15, 0.2) is 6.61 Å². The van der Waals surface area contributed by atoms with Crippen LogP contribution in [0.1, 0.15) is 29.0 Å². The van der Waals surface area contributed by atoms with Crippen LogP contribution in [0, 0.1) is 5.92 Å². The van der Waals surface area contributed by atoms with Crippen LogP contribution in [0.3, 0.4) is 0 Å². The summed E-state index contributed by atoms with van der Waals surface area (Å²) in [6.07, 6.45) is 0.277. The van der Waals surface area contributed by atoms with Crippen LogP contribution < -0.4 is 15.4 Å². The van der Waals surface area contributed by atoms with Crippen molar-refractivity contribution in [2.75, 3.05) is 19.6 Å². The molecule has 3 rings (SSSR count). The predicted molar refractivity (Wildman–Crippen MR) is 89.1 cm³/mol. The summed E-state index contributed by atoms with van der Waals surface area (Å²) < 4.78 is 10.6. The van der Waals surface area contributed by atoms with Gasteiger partial charge in [-0.3, -0.25) is 4.79 Å². The number of aliphatic hydroxyl groups is 1. The van der Waals surface area contributed by atoms with E-state index in [1.807, 2.05) is 6.92 Å². The first-order chi connectivity index (χ1) is 12.2. The van der Waals surface area contributed by atoms with Crippen molar-refractivity contribution in [3.05, 3.63) is 41.5 Å². The van der Waals surface area contributed by atoms with Gasteiger partial charge in [0.25, 0.3) is 5.91 Å². The number of ether oxygens (including phenoxy) is 1. The quantitative estimate of drug-likeness (QED) is 0.670. The topological polar surface area (TPSA) is 110 Å². The van der Waals surface area contributed by atoms with Crippen LogP contribution >= 0.6 is 0 Å². The van der Waals surface area contributed by atoms with Crippen LogP contribution in [0.4, 0.5) is 0 Å². The predicted octanol–water partition coefficient (Wildman–Crippen LogP) is 0.521. The third-order valence-electron chi connectivity index (χ3n) is 4.13. The summed E-state index contributed by atoms with van der Waals surface area (Å²) in [5.74, 6) is 1.57. The van der Waals surface area contributed by atoms with E-state index in [1.165, 1.54) is 0 Å². The number of aromatic nitrogens is 2. The number of aryl methyl sites for hydroxylation is 1. The summed E-state index contributed by atoms with van der Waals surface area (Å²) in [5.41, 5.74) is 0.542. The monoisotopic (exact) mass is 346 g/mol. The molecule has 1 amide bonds. The highest BCUT2D eigenvalue weighted by Crippen LogP contribution is 2.14. The first-order valence-electron chi connectivity index (χ1n) is 8.37. The number of β-amino-alcohol motifs (C(OH)–C–C–N with tert-alkyl or cyclic N) is 1. The second-order valence-corrected chi connectivity index (χ2v) is 5.97. The molecule has 134 valence electrons. The number of rotatable bonds is 7. The largest absolute Gasteiger partial charge is 0.485 e. The van der Waals surface area contributed by atoms with Crippen LogP contribution in [0.2, 0.25) is 0 Å². The number of hydrogen-bond donors (Lipinski definition) is 3. The number of nitrogens with zero attached hydrogens (tertiary/aromatic N) is 2. The standard InChI is InChI=1S/C17H22N4O4/c1-2-16-20-15(21-25-16)10-24-13-5-3-11(4-6-13)17(23)19-8-12-7-18-9-14(12)22/h3-6,12,14,18,22H,2,7-10H2,1H3,(H,19,23). The minimum atomic E-state index is -0.408. The van der Waals surface area contributed by atoms with Gasteiger partial charge in [-0.25, -0.2) is 0 Å². The molecule has 0 aliphatic carbocycles. The molecule has 2 atom stereocenters. The van der Waals surface area contributed by atoms with Gasteiger partial charge in [-0.1, -0.05) is 12.1 Å². The van der Waals surface area contributed by atoms with E-state index in [1.54, 1.807) is 24.3 Å². The lowest BCUT2D eigenvalue weighted by molar-refractivity contribution is 0.0927. The molecule has 8 nitrogen and oxygen atoms in total. The average molecular weight is 346 g/mol. The highest BCUT2D eigenvalue weighted by Gasteiger charge is 2.25. The lowest BCUT2D eigenvalue weighted by atomic mass is 10.1. The van der Waals surface area contributed by atoms with E-state index >= 15 is 0 Å². The summed E-state index contributed by atoms with van der Waals surface area (Å²) in [6.45, 7) is 3.88. The Morgan fingerprint density at radius 1 is 1.40 bits per heavy atom. The molecule has 25 heavy (non-hydrogen) atoms. The molecule has 1 saturated heterocycles. The molecular formula is C17H22N4O4. The van der Waals surface area contributed by atoms with Gasteiger partial charge in [-0.2, -0.15) is 4.98 Å². The van der Waals surface area contributed by atoms with Crippen molar-refractivity contribution in [1.29, 1.82) is 0 Å². The molecule has 2 unspecified atom stereocenters. The molecule has 0 bridgehead atoms. The molecule has 0 saturated carbocycles. The summed E-state index contributed by atoms with van der Waals surface area (Å²) in [4.78, 5) is 16.3. The number of carbonyl (C=O) groups excluding carboxylic acids is 1. The van der Waals surface area contributed by atoms with E-state index in [0.29, 0.717) is 49.1 Å². The van der Waals surface area contributed by atoms with E-state index in [9.17, 15) is 9.90 Å². The molecule has 0 radical (unpaired) electrons. The normalized spacial score (nSPS) is 19.8. The highest BCUT2D eigenvalue weighted by molar-refractivity contribution is 5.94. The van der Waals surface area contributed by atoms with Crippen molar-refractivity contribution in [2.24, 2.45) is 5.92 Å². The zero-order chi connectivity index (χ0) is 17.6. The molecule has 1 aromatic carbocycles. The fourth-order valence-electron chi connectivity index (χ4n) is 2.60. The highest BCUT2D eigenvalue weighted by atomic mass is 16.5. The van der Waals surface area contributed by atoms with Crippen LogP contribution in [0.25, 0.3) is 0 Å². The summed E-state index contributed by atoms with van der Waals surface area (Å²) in [7, 11) is 0. The van der Waals surface area contributed by atoms with Crippen LogP contribution in [-0.2, 0) is 13.0 Å². The first-order valence-corrected chi connectivity index (χ1v) is 8.37. The van der Waals surface area contributed by atoms with Gasteiger partial charge in [0.05, 0.1) is 6.10 Å². The van der Waals surface area contributed by atoms with Crippen molar-refractivity contribution < 1.29 is 19.2 Å². The summed E-state index contributed by atoms with van der Waals surface area (Å²) >= 11 is 0. The number of benzene rings is 1. The van der Waals surface area contributed by atoms with Gasteiger partial charge in [-0.15, -0.1) is 0 Å². The maximum Gasteiger partial charge on any atom is 0.251 e. The Bertz CT molecular complexity index is 701. The van der Waals surface area contributed by atoms with Gasteiger partial charge in [0.1, 0.15) is 5.75 Å². The smallest absolute Gasteiger partial charge is 0.251 e. The maximum atomic E-state index is 12.1. The van der Waals surface area contributed by atoms with Crippen molar-refractivity contribution in [2.45, 2.75) is 26.1 Å². The molecule has 8 heteroatoms. The molecule has 1 aliphatic heterocycles. The van der Waals surface area contributed by atoms with E-state index in [-0.39, 0.29) is 18.4 Å². The maximum absolute atomic E-state index is 12.1. The van der Waals surface area contributed by atoms with Crippen molar-refractivity contribution >= 4 is 5.91 Å². The lowest BCUT2D eigenvalue weighted by Crippen LogP contribution is -2.34. The molecule has 2 heterocycles. The van der Waals surface area contributed by atoms with Gasteiger partial charge < -0.3 is 25.0 Å². The van der Waals surface area contributed by atoms with Gasteiger partial charge in [-0.05, 0) is 24.3 Å².